The number of nitrogens with two attached hydrogens (primary N) is 1. The molecule has 0 atom stereocenters. The van der Waals surface area contributed by atoms with Gasteiger partial charge in [-0.05, 0) is 30.3 Å². The predicted octanol–water partition coefficient (Wildman–Crippen LogP) is 2.44. The quantitative estimate of drug-likeness (QED) is 0.653. The second-order valence-electron chi connectivity index (χ2n) is 4.42. The summed E-state index contributed by atoms with van der Waals surface area (Å²) in [6, 6.07) is 7.85. The Hall–Kier alpha value is -2.38. The summed E-state index contributed by atoms with van der Waals surface area (Å²) in [7, 11) is 1.46. The average Bonchev–Trinajstić information content (AvgIpc) is 2.55. The van der Waals surface area contributed by atoms with Gasteiger partial charge in [0.15, 0.2) is 0 Å². The van der Waals surface area contributed by atoms with Gasteiger partial charge in [0.25, 0.3) is 0 Å². The second kappa shape index (κ2) is 7.75. The van der Waals surface area contributed by atoms with E-state index >= 15 is 0 Å². The van der Waals surface area contributed by atoms with E-state index < -0.39 is 6.03 Å². The molecule has 0 radical (unpaired) electrons. The molecule has 0 unspecified atom stereocenters. The number of guanidine groups is 1. The molecule has 2 aromatic rings. The van der Waals surface area contributed by atoms with Gasteiger partial charge < -0.3 is 16.0 Å². The van der Waals surface area contributed by atoms with Crippen LogP contribution >= 0.6 is 23.2 Å². The van der Waals surface area contributed by atoms with Gasteiger partial charge in [0.1, 0.15) is 0 Å². The Labute approximate surface area is 143 Å². The maximum Gasteiger partial charge on any atom is 0.343 e. The van der Waals surface area contributed by atoms with Crippen molar-refractivity contribution in [3.05, 3.63) is 52.3 Å². The molecule has 0 aliphatic rings. The Kier molecular flexibility index (Phi) is 5.72. The summed E-state index contributed by atoms with van der Waals surface area (Å²) >= 11 is 12.3. The lowest BCUT2D eigenvalue weighted by Gasteiger charge is -2.24. The Balaban J connectivity index is 2.44. The molecule has 7 nitrogen and oxygen atoms in total. The summed E-state index contributed by atoms with van der Waals surface area (Å²) < 4.78 is 0. The molecule has 0 aliphatic heterocycles. The number of aromatic nitrogens is 2. The van der Waals surface area contributed by atoms with Crippen LogP contribution in [0.5, 0.6) is 0 Å². The van der Waals surface area contributed by atoms with E-state index in [0.717, 1.165) is 0 Å². The summed E-state index contributed by atoms with van der Waals surface area (Å²) in [6.07, 6.45) is 1.56. The molecular weight excluding hydrogens is 339 g/mol. The SMILES string of the molecule is CNC(=O)N=C(N)N(Cc1cccnn1)c1cc(Cl)ccc1Cl. The molecule has 120 valence electrons. The molecule has 0 saturated heterocycles. The van der Waals surface area contributed by atoms with Crippen LogP contribution in [-0.4, -0.2) is 29.2 Å². The molecule has 1 heterocycles. The molecule has 1 aromatic heterocycles. The number of nitrogens with zero attached hydrogens (tertiary/aromatic N) is 4. The van der Waals surface area contributed by atoms with Gasteiger partial charge in [-0.1, -0.05) is 23.2 Å². The summed E-state index contributed by atoms with van der Waals surface area (Å²) in [4.78, 5) is 16.8. The second-order valence-corrected chi connectivity index (χ2v) is 5.27. The normalized spacial score (nSPS) is 11.2. The molecule has 23 heavy (non-hydrogen) atoms. The monoisotopic (exact) mass is 352 g/mol. The molecule has 3 N–H and O–H groups in total. The summed E-state index contributed by atoms with van der Waals surface area (Å²) in [5, 5.41) is 11.1. The van der Waals surface area contributed by atoms with E-state index in [1.54, 1.807) is 36.5 Å². The molecule has 2 rings (SSSR count). The first-order valence-electron chi connectivity index (χ1n) is 6.56. The molecule has 0 spiro atoms. The van der Waals surface area contributed by atoms with E-state index in [1.807, 2.05) is 0 Å². The number of rotatable bonds is 3. The van der Waals surface area contributed by atoms with Crippen molar-refractivity contribution in [1.29, 1.82) is 0 Å². The van der Waals surface area contributed by atoms with Crippen molar-refractivity contribution in [3.8, 4) is 0 Å². The van der Waals surface area contributed by atoms with E-state index in [0.29, 0.717) is 21.4 Å². The largest absolute Gasteiger partial charge is 0.369 e. The zero-order valence-corrected chi connectivity index (χ0v) is 13.7. The molecule has 2 amide bonds. The lowest BCUT2D eigenvalue weighted by atomic mass is 10.2. The van der Waals surface area contributed by atoms with Crippen molar-refractivity contribution in [2.45, 2.75) is 6.54 Å². The minimum Gasteiger partial charge on any atom is -0.369 e. The predicted molar refractivity (Wildman–Crippen MR) is 90.8 cm³/mol. The van der Waals surface area contributed by atoms with Crippen LogP contribution in [-0.2, 0) is 6.54 Å². The average molecular weight is 353 g/mol. The van der Waals surface area contributed by atoms with Crippen LogP contribution in [0.2, 0.25) is 10.0 Å². The van der Waals surface area contributed by atoms with E-state index in [9.17, 15) is 4.79 Å². The fourth-order valence-electron chi connectivity index (χ4n) is 1.78. The number of amides is 2. The minimum atomic E-state index is -0.579. The van der Waals surface area contributed by atoms with Crippen molar-refractivity contribution in [1.82, 2.24) is 15.5 Å². The molecule has 0 saturated carbocycles. The van der Waals surface area contributed by atoms with Gasteiger partial charge in [-0.2, -0.15) is 15.2 Å². The maximum atomic E-state index is 11.5. The van der Waals surface area contributed by atoms with Crippen molar-refractivity contribution in [2.24, 2.45) is 10.7 Å². The van der Waals surface area contributed by atoms with Crippen molar-refractivity contribution in [2.75, 3.05) is 11.9 Å². The van der Waals surface area contributed by atoms with E-state index in [1.165, 1.54) is 11.9 Å². The number of aliphatic imine (C=N–C) groups is 1. The van der Waals surface area contributed by atoms with Crippen molar-refractivity contribution < 1.29 is 4.79 Å². The fraction of sp³-hybridized carbons (Fsp3) is 0.143. The highest BCUT2D eigenvalue weighted by atomic mass is 35.5. The fourth-order valence-corrected chi connectivity index (χ4v) is 2.17. The highest BCUT2D eigenvalue weighted by molar-refractivity contribution is 6.35. The van der Waals surface area contributed by atoms with Crippen LogP contribution < -0.4 is 16.0 Å². The molecular formula is C14H14Cl2N6O. The number of hydrogen-bond donors (Lipinski definition) is 2. The number of carbonyl (C=O) groups excluding carboxylic acids is 1. The molecule has 0 bridgehead atoms. The van der Waals surface area contributed by atoms with Gasteiger partial charge in [0.05, 0.1) is 22.9 Å². The number of benzene rings is 1. The molecule has 0 fully saturated rings. The number of halogens is 2. The topological polar surface area (TPSA) is 96.5 Å². The first kappa shape index (κ1) is 17.0. The van der Waals surface area contributed by atoms with E-state index in [2.05, 4.69) is 20.5 Å². The van der Waals surface area contributed by atoms with Crippen LogP contribution in [0.4, 0.5) is 10.5 Å². The summed E-state index contributed by atoms with van der Waals surface area (Å²) in [6.45, 7) is 0.222. The zero-order valence-electron chi connectivity index (χ0n) is 12.2. The van der Waals surface area contributed by atoms with Gasteiger partial charge in [-0.15, -0.1) is 0 Å². The standard InChI is InChI=1S/C14H14Cl2N6O/c1-18-14(23)20-13(17)22(8-10-3-2-6-19-21-10)12-7-9(15)4-5-11(12)16/h2-7H,8H2,1H3,(H3,17,18,20,23). The lowest BCUT2D eigenvalue weighted by molar-refractivity contribution is 0.251. The van der Waals surface area contributed by atoms with Crippen molar-refractivity contribution in [3.63, 3.8) is 0 Å². The van der Waals surface area contributed by atoms with E-state index in [4.69, 9.17) is 28.9 Å². The van der Waals surface area contributed by atoms with Crippen LogP contribution in [0.1, 0.15) is 5.69 Å². The maximum absolute atomic E-state index is 11.5. The number of carbonyl (C=O) groups is 1. The molecule has 9 heteroatoms. The van der Waals surface area contributed by atoms with Gasteiger partial charge in [-0.3, -0.25) is 0 Å². The van der Waals surface area contributed by atoms with Gasteiger partial charge in [-0.25, -0.2) is 4.79 Å². The van der Waals surface area contributed by atoms with Crippen LogP contribution in [0.25, 0.3) is 0 Å². The van der Waals surface area contributed by atoms with Gasteiger partial charge >= 0.3 is 6.03 Å². The number of hydrogen-bond acceptors (Lipinski definition) is 3. The smallest absolute Gasteiger partial charge is 0.343 e. The Morgan fingerprint density at radius 1 is 1.39 bits per heavy atom. The van der Waals surface area contributed by atoms with Crippen LogP contribution in [0, 0.1) is 0 Å². The number of urea groups is 1. The van der Waals surface area contributed by atoms with E-state index in [-0.39, 0.29) is 12.5 Å². The minimum absolute atomic E-state index is 0.0424. The third kappa shape index (κ3) is 4.54. The third-order valence-electron chi connectivity index (χ3n) is 2.85. The first-order chi connectivity index (χ1) is 11.0. The summed E-state index contributed by atoms with van der Waals surface area (Å²) in [5.74, 6) is -0.0424. The Bertz CT molecular complexity index is 722. The highest BCUT2D eigenvalue weighted by Crippen LogP contribution is 2.29. The lowest BCUT2D eigenvalue weighted by Crippen LogP contribution is -2.39. The zero-order chi connectivity index (χ0) is 16.8. The number of nitrogens with one attached hydrogen (secondary N) is 1. The third-order valence-corrected chi connectivity index (χ3v) is 3.41. The van der Waals surface area contributed by atoms with Crippen LogP contribution in [0.15, 0.2) is 41.5 Å². The molecule has 1 aromatic carbocycles. The highest BCUT2D eigenvalue weighted by Gasteiger charge is 2.17. The first-order valence-corrected chi connectivity index (χ1v) is 7.32. The Morgan fingerprint density at radius 3 is 2.83 bits per heavy atom. The number of anilines is 1. The van der Waals surface area contributed by atoms with Gasteiger partial charge in [0.2, 0.25) is 5.96 Å². The molecule has 0 aliphatic carbocycles. The van der Waals surface area contributed by atoms with Crippen molar-refractivity contribution >= 4 is 40.9 Å². The van der Waals surface area contributed by atoms with Gasteiger partial charge in [0, 0.05) is 18.3 Å². The summed E-state index contributed by atoms with van der Waals surface area (Å²) in [5.41, 5.74) is 7.09. The van der Waals surface area contributed by atoms with Crippen LogP contribution in [0.3, 0.4) is 0 Å². The Morgan fingerprint density at radius 2 is 2.17 bits per heavy atom.